The van der Waals surface area contributed by atoms with Gasteiger partial charge in [0.25, 0.3) is 5.56 Å². The molecule has 4 nitrogen and oxygen atoms in total. The molecule has 1 rings (SSSR count). The molecule has 0 atom stereocenters. The predicted octanol–water partition coefficient (Wildman–Crippen LogP) is 1.78. The molecule has 0 spiro atoms. The Morgan fingerprint density at radius 1 is 1.22 bits per heavy atom. The number of hydrogen-bond donors (Lipinski definition) is 2. The summed E-state index contributed by atoms with van der Waals surface area (Å²) < 4.78 is 75.7. The molecule has 102 valence electrons. The zero-order chi connectivity index (χ0) is 14.1. The predicted molar refractivity (Wildman–Crippen MR) is 44.7 cm³/mol. The zero-order valence-electron chi connectivity index (χ0n) is 8.32. The van der Waals surface area contributed by atoms with Gasteiger partial charge in [-0.2, -0.15) is 13.2 Å². The van der Waals surface area contributed by atoms with E-state index in [1.165, 1.54) is 4.98 Å². The van der Waals surface area contributed by atoms with Crippen LogP contribution in [0.25, 0.3) is 0 Å². The van der Waals surface area contributed by atoms with Crippen LogP contribution >= 0.6 is 0 Å². The number of rotatable bonds is 2. The molecule has 0 saturated heterocycles. The topological polar surface area (TPSA) is 62.3 Å². The minimum absolute atomic E-state index is 0.0971. The minimum atomic E-state index is -5.20. The third-order valence-electron chi connectivity index (χ3n) is 1.78. The van der Waals surface area contributed by atoms with E-state index in [0.29, 0.717) is 0 Å². The molecule has 10 heteroatoms. The van der Waals surface area contributed by atoms with E-state index in [1.807, 2.05) is 0 Å². The summed E-state index contributed by atoms with van der Waals surface area (Å²) in [6.45, 7) is -1.16. The van der Waals surface area contributed by atoms with Crippen molar-refractivity contribution in [2.75, 3.05) is 0 Å². The van der Waals surface area contributed by atoms with Crippen LogP contribution in [0.2, 0.25) is 0 Å². The van der Waals surface area contributed by atoms with Gasteiger partial charge in [-0.1, -0.05) is 0 Å². The number of ether oxygens (including phenoxy) is 1. The van der Waals surface area contributed by atoms with Gasteiger partial charge in [0, 0.05) is 5.56 Å². The fraction of sp³-hybridized carbons (Fsp3) is 0.375. The van der Waals surface area contributed by atoms with Crippen LogP contribution in [0.1, 0.15) is 11.1 Å². The molecule has 0 aliphatic rings. The van der Waals surface area contributed by atoms with Gasteiger partial charge in [0.1, 0.15) is 5.56 Å². The number of nitrogens with one attached hydrogen (secondary N) is 1. The van der Waals surface area contributed by atoms with E-state index < -0.39 is 41.7 Å². The zero-order valence-corrected chi connectivity index (χ0v) is 8.32. The van der Waals surface area contributed by atoms with Crippen LogP contribution in [-0.4, -0.2) is 16.5 Å². The second-order valence-corrected chi connectivity index (χ2v) is 3.07. The van der Waals surface area contributed by atoms with Crippen molar-refractivity contribution >= 4 is 0 Å². The number of halogens is 6. The number of alkyl halides is 6. The Balaban J connectivity index is 3.33. The number of H-pyrrole nitrogens is 1. The highest BCUT2D eigenvalue weighted by Crippen LogP contribution is 2.30. The standard InChI is InChI=1S/C8H5F6NO3/c9-7(10,11)4-1-3(2-16)6(15-5(4)17)18-8(12,13)14/h1,16H,2H2,(H,15,17). The fourth-order valence-electron chi connectivity index (χ4n) is 1.09. The normalized spacial score (nSPS) is 12.6. The number of aromatic amines is 1. The van der Waals surface area contributed by atoms with Crippen LogP contribution in [0.4, 0.5) is 26.3 Å². The van der Waals surface area contributed by atoms with Crippen molar-refractivity contribution in [1.29, 1.82) is 0 Å². The molecule has 0 bridgehead atoms. The van der Waals surface area contributed by atoms with Gasteiger partial charge >= 0.3 is 12.5 Å². The van der Waals surface area contributed by atoms with E-state index in [0.717, 1.165) is 0 Å². The Hall–Kier alpha value is -1.71. The van der Waals surface area contributed by atoms with Gasteiger partial charge in [-0.25, -0.2) is 0 Å². The second kappa shape index (κ2) is 4.52. The maximum atomic E-state index is 12.3. The van der Waals surface area contributed by atoms with E-state index >= 15 is 0 Å². The van der Waals surface area contributed by atoms with Gasteiger partial charge in [-0.05, 0) is 6.07 Å². The summed E-state index contributed by atoms with van der Waals surface area (Å²) in [5.74, 6) is -1.28. The Bertz CT molecular complexity index is 489. The van der Waals surface area contributed by atoms with Gasteiger partial charge in [-0.15, -0.1) is 13.2 Å². The monoisotopic (exact) mass is 277 g/mol. The lowest BCUT2D eigenvalue weighted by Gasteiger charge is -2.13. The molecule has 1 aromatic rings. The first-order valence-electron chi connectivity index (χ1n) is 4.24. The maximum absolute atomic E-state index is 12.3. The van der Waals surface area contributed by atoms with E-state index in [1.54, 1.807) is 0 Å². The first-order chi connectivity index (χ1) is 8.04. The Morgan fingerprint density at radius 2 is 1.78 bits per heavy atom. The number of aromatic nitrogens is 1. The Labute approximate surface area is 94.8 Å². The van der Waals surface area contributed by atoms with Crippen LogP contribution in [0.5, 0.6) is 5.88 Å². The number of pyridine rings is 1. The third-order valence-corrected chi connectivity index (χ3v) is 1.78. The molecule has 0 radical (unpaired) electrons. The minimum Gasteiger partial charge on any atom is -0.391 e. The van der Waals surface area contributed by atoms with Crippen molar-refractivity contribution in [3.8, 4) is 5.88 Å². The van der Waals surface area contributed by atoms with Crippen molar-refractivity contribution in [2.24, 2.45) is 0 Å². The molecule has 0 unspecified atom stereocenters. The molecule has 0 saturated carbocycles. The highest BCUT2D eigenvalue weighted by Gasteiger charge is 2.37. The van der Waals surface area contributed by atoms with Crippen molar-refractivity contribution in [3.63, 3.8) is 0 Å². The van der Waals surface area contributed by atoms with Gasteiger partial charge in [0.05, 0.1) is 6.61 Å². The van der Waals surface area contributed by atoms with E-state index in [2.05, 4.69) is 4.74 Å². The molecule has 1 aromatic heterocycles. The maximum Gasteiger partial charge on any atom is 0.574 e. The van der Waals surface area contributed by atoms with Crippen LogP contribution < -0.4 is 10.3 Å². The lowest BCUT2D eigenvalue weighted by molar-refractivity contribution is -0.276. The van der Waals surface area contributed by atoms with E-state index in [-0.39, 0.29) is 6.07 Å². The molecule has 2 N–H and O–H groups in total. The molecule has 0 aromatic carbocycles. The van der Waals surface area contributed by atoms with Crippen molar-refractivity contribution in [3.05, 3.63) is 27.5 Å². The largest absolute Gasteiger partial charge is 0.574 e. The average Bonchev–Trinajstić information content (AvgIpc) is 2.13. The summed E-state index contributed by atoms with van der Waals surface area (Å²) in [5, 5.41) is 8.66. The summed E-state index contributed by atoms with van der Waals surface area (Å²) in [7, 11) is 0. The smallest absolute Gasteiger partial charge is 0.391 e. The van der Waals surface area contributed by atoms with Crippen LogP contribution in [0, 0.1) is 0 Å². The highest BCUT2D eigenvalue weighted by atomic mass is 19.4. The Morgan fingerprint density at radius 3 is 2.17 bits per heavy atom. The number of hydrogen-bond acceptors (Lipinski definition) is 3. The van der Waals surface area contributed by atoms with Crippen molar-refractivity contribution < 1.29 is 36.2 Å². The van der Waals surface area contributed by atoms with E-state index in [4.69, 9.17) is 5.11 Å². The first-order valence-corrected chi connectivity index (χ1v) is 4.24. The molecule has 18 heavy (non-hydrogen) atoms. The van der Waals surface area contributed by atoms with Crippen LogP contribution in [-0.2, 0) is 12.8 Å². The SMILES string of the molecule is O=c1[nH]c(OC(F)(F)F)c(CO)cc1C(F)(F)F. The Kier molecular flexibility index (Phi) is 3.60. The molecular formula is C8H5F6NO3. The first kappa shape index (κ1) is 14.4. The molecule has 1 heterocycles. The summed E-state index contributed by atoms with van der Waals surface area (Å²) in [6, 6.07) is 0.0971. The lowest BCUT2D eigenvalue weighted by atomic mass is 10.2. The van der Waals surface area contributed by atoms with Crippen LogP contribution in [0.3, 0.4) is 0 Å². The van der Waals surface area contributed by atoms with E-state index in [9.17, 15) is 31.1 Å². The molecular weight excluding hydrogens is 272 g/mol. The highest BCUT2D eigenvalue weighted by molar-refractivity contribution is 5.31. The number of aliphatic hydroxyl groups is 1. The quantitative estimate of drug-likeness (QED) is 0.810. The summed E-state index contributed by atoms with van der Waals surface area (Å²) in [6.07, 6.45) is -10.2. The van der Waals surface area contributed by atoms with Gasteiger partial charge in [-0.3, -0.25) is 9.78 Å². The molecule has 0 aliphatic carbocycles. The van der Waals surface area contributed by atoms with Gasteiger partial charge < -0.3 is 9.84 Å². The average molecular weight is 277 g/mol. The van der Waals surface area contributed by atoms with Gasteiger partial charge in [0.2, 0.25) is 5.88 Å². The van der Waals surface area contributed by atoms with Gasteiger partial charge in [0.15, 0.2) is 0 Å². The fourth-order valence-corrected chi connectivity index (χ4v) is 1.09. The summed E-state index contributed by atoms with van der Waals surface area (Å²) >= 11 is 0. The van der Waals surface area contributed by atoms with Crippen molar-refractivity contribution in [1.82, 2.24) is 4.98 Å². The number of aliphatic hydroxyl groups excluding tert-OH is 1. The van der Waals surface area contributed by atoms with Crippen molar-refractivity contribution in [2.45, 2.75) is 19.1 Å². The molecule has 0 aliphatic heterocycles. The molecule has 0 fully saturated rings. The molecule has 0 amide bonds. The lowest BCUT2D eigenvalue weighted by Crippen LogP contribution is -2.26. The summed E-state index contributed by atoms with van der Waals surface area (Å²) in [4.78, 5) is 12.2. The second-order valence-electron chi connectivity index (χ2n) is 3.07. The van der Waals surface area contributed by atoms with Crippen LogP contribution in [0.15, 0.2) is 10.9 Å². The third kappa shape index (κ3) is 3.39. The summed E-state index contributed by atoms with van der Waals surface area (Å²) in [5.41, 5.74) is -4.35.